The molecule has 0 radical (unpaired) electrons. The molecule has 0 aromatic heterocycles. The predicted molar refractivity (Wildman–Crippen MR) is 106 cm³/mol. The van der Waals surface area contributed by atoms with Crippen LogP contribution in [-0.2, 0) is 0 Å². The van der Waals surface area contributed by atoms with Crippen LogP contribution in [0.4, 0.5) is 5.69 Å². The van der Waals surface area contributed by atoms with Crippen LogP contribution in [-0.4, -0.2) is 30.5 Å². The number of benzene rings is 2. The molecule has 5 heteroatoms. The van der Waals surface area contributed by atoms with Crippen LogP contribution in [0.2, 0.25) is 0 Å². The van der Waals surface area contributed by atoms with Gasteiger partial charge in [-0.1, -0.05) is 23.9 Å². The number of hydrogen-bond acceptors (Lipinski definition) is 5. The van der Waals surface area contributed by atoms with Crippen molar-refractivity contribution in [3.63, 3.8) is 0 Å². The summed E-state index contributed by atoms with van der Waals surface area (Å²) in [5.41, 5.74) is 9.50. The summed E-state index contributed by atoms with van der Waals surface area (Å²) in [6, 6.07) is 12.9. The van der Waals surface area contributed by atoms with Gasteiger partial charge in [0.15, 0.2) is 0 Å². The third kappa shape index (κ3) is 4.70. The molecule has 24 heavy (non-hydrogen) atoms. The zero-order valence-electron chi connectivity index (χ0n) is 14.3. The van der Waals surface area contributed by atoms with E-state index in [0.717, 1.165) is 31.9 Å². The summed E-state index contributed by atoms with van der Waals surface area (Å²) in [4.78, 5) is 3.85. The Morgan fingerprint density at radius 1 is 0.958 bits per heavy atom. The smallest absolute Gasteiger partial charge is 0.0390 e. The quantitative estimate of drug-likeness (QED) is 0.628. The van der Waals surface area contributed by atoms with Crippen LogP contribution >= 0.6 is 23.7 Å². The minimum absolute atomic E-state index is 0.829. The van der Waals surface area contributed by atoms with Gasteiger partial charge in [0.25, 0.3) is 0 Å². The predicted octanol–water partition coefficient (Wildman–Crippen LogP) is 4.34. The van der Waals surface area contributed by atoms with Crippen LogP contribution in [0.5, 0.6) is 0 Å². The first-order chi connectivity index (χ1) is 11.6. The van der Waals surface area contributed by atoms with Gasteiger partial charge in [-0.3, -0.25) is 0 Å². The van der Waals surface area contributed by atoms with E-state index in [9.17, 15) is 0 Å². The number of aryl methyl sites for hydroxylation is 2. The molecule has 1 saturated heterocycles. The van der Waals surface area contributed by atoms with E-state index in [2.05, 4.69) is 53.8 Å². The Morgan fingerprint density at radius 3 is 2.71 bits per heavy atom. The molecule has 0 unspecified atom stereocenters. The van der Waals surface area contributed by atoms with Gasteiger partial charge >= 0.3 is 0 Å². The lowest BCUT2D eigenvalue weighted by atomic mass is 10.2. The Bertz CT molecular complexity index is 695. The first-order valence-electron chi connectivity index (χ1n) is 8.40. The number of nitrogens with one attached hydrogen (secondary N) is 1. The van der Waals surface area contributed by atoms with Gasteiger partial charge in [0.2, 0.25) is 0 Å². The fourth-order valence-electron chi connectivity index (χ4n) is 2.67. The standard InChI is InChI=1S/C19H25N3S2/c1-14-4-5-15(2)18(12-14)23-17-7-6-16(20)13-19(17)24-22-10-3-8-21-9-11-22/h4-7,12-13,21H,3,8-11,20H2,1-2H3. The third-order valence-corrected chi connectivity index (χ3v) is 6.58. The summed E-state index contributed by atoms with van der Waals surface area (Å²) < 4.78 is 2.45. The molecule has 1 fully saturated rings. The molecule has 3 N–H and O–H groups in total. The van der Waals surface area contributed by atoms with Crippen molar-refractivity contribution in [2.24, 2.45) is 0 Å². The monoisotopic (exact) mass is 359 g/mol. The number of nitrogens with zero attached hydrogens (tertiary/aromatic N) is 1. The lowest BCUT2D eigenvalue weighted by Gasteiger charge is -2.20. The number of hydrogen-bond donors (Lipinski definition) is 2. The highest BCUT2D eigenvalue weighted by Crippen LogP contribution is 2.39. The maximum atomic E-state index is 6.06. The topological polar surface area (TPSA) is 41.3 Å². The second kappa shape index (κ2) is 8.30. The third-order valence-electron chi connectivity index (χ3n) is 4.06. The molecule has 3 rings (SSSR count). The SMILES string of the molecule is Cc1ccc(C)c(Sc2ccc(N)cc2SN2CCCNCC2)c1. The van der Waals surface area contributed by atoms with Crippen molar-refractivity contribution in [1.82, 2.24) is 9.62 Å². The van der Waals surface area contributed by atoms with E-state index in [0.29, 0.717) is 0 Å². The molecule has 1 heterocycles. The molecule has 0 spiro atoms. The minimum atomic E-state index is 0.829. The fourth-order valence-corrected chi connectivity index (χ4v) is 4.94. The Balaban J connectivity index is 1.83. The van der Waals surface area contributed by atoms with Gasteiger partial charge in [0.05, 0.1) is 0 Å². The molecular formula is C19H25N3S2. The van der Waals surface area contributed by atoms with Crippen LogP contribution in [0.25, 0.3) is 0 Å². The Hall–Kier alpha value is -1.14. The maximum absolute atomic E-state index is 6.06. The molecular weight excluding hydrogens is 334 g/mol. The molecule has 1 aliphatic rings. The fraction of sp³-hybridized carbons (Fsp3) is 0.368. The van der Waals surface area contributed by atoms with E-state index < -0.39 is 0 Å². The molecule has 2 aromatic carbocycles. The molecule has 1 aliphatic heterocycles. The first-order valence-corrected chi connectivity index (χ1v) is 9.99. The van der Waals surface area contributed by atoms with E-state index in [4.69, 9.17) is 5.73 Å². The number of anilines is 1. The summed E-state index contributed by atoms with van der Waals surface area (Å²) in [5.74, 6) is 0. The molecule has 0 aliphatic carbocycles. The largest absolute Gasteiger partial charge is 0.399 e. The van der Waals surface area contributed by atoms with Gasteiger partial charge in [-0.25, -0.2) is 4.31 Å². The zero-order valence-corrected chi connectivity index (χ0v) is 16.0. The van der Waals surface area contributed by atoms with Crippen molar-refractivity contribution in [3.8, 4) is 0 Å². The maximum Gasteiger partial charge on any atom is 0.0390 e. The van der Waals surface area contributed by atoms with Gasteiger partial charge < -0.3 is 11.1 Å². The molecule has 2 aromatic rings. The van der Waals surface area contributed by atoms with Gasteiger partial charge in [0.1, 0.15) is 0 Å². The summed E-state index contributed by atoms with van der Waals surface area (Å²) in [5, 5.41) is 3.46. The molecule has 0 amide bonds. The van der Waals surface area contributed by atoms with E-state index in [1.165, 1.54) is 32.2 Å². The molecule has 128 valence electrons. The highest BCUT2D eigenvalue weighted by Gasteiger charge is 2.14. The first kappa shape index (κ1) is 17.7. The van der Waals surface area contributed by atoms with Gasteiger partial charge in [0, 0.05) is 40.0 Å². The van der Waals surface area contributed by atoms with Crippen LogP contribution in [0.3, 0.4) is 0 Å². The van der Waals surface area contributed by atoms with E-state index >= 15 is 0 Å². The van der Waals surface area contributed by atoms with Crippen molar-refractivity contribution in [1.29, 1.82) is 0 Å². The average Bonchev–Trinajstić information content (AvgIpc) is 2.82. The Labute approximate surface area is 153 Å². The van der Waals surface area contributed by atoms with E-state index in [1.807, 2.05) is 29.8 Å². The van der Waals surface area contributed by atoms with Crippen LogP contribution in [0.15, 0.2) is 51.1 Å². The summed E-state index contributed by atoms with van der Waals surface area (Å²) in [6.07, 6.45) is 1.19. The zero-order chi connectivity index (χ0) is 16.9. The van der Waals surface area contributed by atoms with Crippen molar-refractivity contribution >= 4 is 29.4 Å². The van der Waals surface area contributed by atoms with Gasteiger partial charge in [-0.05, 0) is 74.2 Å². The van der Waals surface area contributed by atoms with Crippen LogP contribution in [0.1, 0.15) is 17.5 Å². The van der Waals surface area contributed by atoms with Crippen molar-refractivity contribution < 1.29 is 0 Å². The second-order valence-electron chi connectivity index (χ2n) is 6.20. The minimum Gasteiger partial charge on any atom is -0.399 e. The highest BCUT2D eigenvalue weighted by atomic mass is 32.2. The van der Waals surface area contributed by atoms with Crippen LogP contribution in [0, 0.1) is 13.8 Å². The van der Waals surface area contributed by atoms with Gasteiger partial charge in [-0.2, -0.15) is 0 Å². The molecule has 0 atom stereocenters. The van der Waals surface area contributed by atoms with Crippen molar-refractivity contribution in [2.75, 3.05) is 31.9 Å². The molecule has 0 bridgehead atoms. The average molecular weight is 360 g/mol. The van der Waals surface area contributed by atoms with Crippen molar-refractivity contribution in [3.05, 3.63) is 47.5 Å². The van der Waals surface area contributed by atoms with Crippen LogP contribution < -0.4 is 11.1 Å². The number of nitrogen functional groups attached to an aromatic ring is 1. The summed E-state index contributed by atoms with van der Waals surface area (Å²) in [7, 11) is 0. The number of rotatable bonds is 4. The summed E-state index contributed by atoms with van der Waals surface area (Å²) in [6.45, 7) is 8.65. The normalized spacial score (nSPS) is 16.1. The van der Waals surface area contributed by atoms with E-state index in [-0.39, 0.29) is 0 Å². The second-order valence-corrected chi connectivity index (χ2v) is 8.42. The van der Waals surface area contributed by atoms with Crippen molar-refractivity contribution in [2.45, 2.75) is 35.0 Å². The molecule has 0 saturated carbocycles. The Morgan fingerprint density at radius 2 is 1.83 bits per heavy atom. The highest BCUT2D eigenvalue weighted by molar-refractivity contribution is 8.01. The summed E-state index contributed by atoms with van der Waals surface area (Å²) >= 11 is 3.68. The van der Waals surface area contributed by atoms with E-state index in [1.54, 1.807) is 0 Å². The lowest BCUT2D eigenvalue weighted by Crippen LogP contribution is -2.22. The number of nitrogens with two attached hydrogens (primary N) is 1. The molecule has 3 nitrogen and oxygen atoms in total. The van der Waals surface area contributed by atoms with Gasteiger partial charge in [-0.15, -0.1) is 0 Å². The lowest BCUT2D eigenvalue weighted by molar-refractivity contribution is 0.501. The Kier molecular flexibility index (Phi) is 6.11.